The van der Waals surface area contributed by atoms with E-state index in [1.54, 1.807) is 27.7 Å². The van der Waals surface area contributed by atoms with E-state index in [0.29, 0.717) is 6.61 Å². The number of amides is 1. The molecular formula is C18H27NO6. The highest BCUT2D eigenvalue weighted by Gasteiger charge is 2.30. The number of ether oxygens (including phenoxy) is 3. The Labute approximate surface area is 148 Å². The summed E-state index contributed by atoms with van der Waals surface area (Å²) in [6.07, 6.45) is -0.614. The summed E-state index contributed by atoms with van der Waals surface area (Å²) >= 11 is 0. The highest BCUT2D eigenvalue weighted by Crippen LogP contribution is 2.12. The fourth-order valence-electron chi connectivity index (χ4n) is 2.00. The van der Waals surface area contributed by atoms with Crippen LogP contribution in [-0.4, -0.2) is 48.1 Å². The molecule has 2 N–H and O–H groups in total. The Morgan fingerprint density at radius 1 is 1.04 bits per heavy atom. The van der Waals surface area contributed by atoms with E-state index in [-0.39, 0.29) is 13.2 Å². The number of nitrogens with one attached hydrogen (secondary N) is 1. The molecule has 1 rings (SSSR count). The fraction of sp³-hybridized carbons (Fsp3) is 0.556. The van der Waals surface area contributed by atoms with Crippen LogP contribution in [0.5, 0.6) is 0 Å². The third-order valence-electron chi connectivity index (χ3n) is 2.98. The largest absolute Gasteiger partial charge is 0.480 e. The Hall–Kier alpha value is -2.12. The van der Waals surface area contributed by atoms with Crippen LogP contribution in [-0.2, 0) is 25.6 Å². The molecule has 140 valence electrons. The molecule has 0 aliphatic rings. The molecule has 7 nitrogen and oxygen atoms in total. The van der Waals surface area contributed by atoms with Gasteiger partial charge in [-0.25, -0.2) is 9.59 Å². The minimum atomic E-state index is -1.08. The van der Waals surface area contributed by atoms with E-state index < -0.39 is 29.8 Å². The van der Waals surface area contributed by atoms with Crippen LogP contribution in [0.4, 0.5) is 4.79 Å². The van der Waals surface area contributed by atoms with Crippen LogP contribution >= 0.6 is 0 Å². The molecule has 1 amide bonds. The molecule has 0 radical (unpaired) electrons. The number of aliphatic carboxylic acids is 1. The van der Waals surface area contributed by atoms with Crippen LogP contribution in [0.3, 0.4) is 0 Å². The monoisotopic (exact) mass is 353 g/mol. The van der Waals surface area contributed by atoms with Gasteiger partial charge in [-0.2, -0.15) is 0 Å². The average molecular weight is 353 g/mol. The summed E-state index contributed by atoms with van der Waals surface area (Å²) < 4.78 is 16.1. The van der Waals surface area contributed by atoms with E-state index >= 15 is 0 Å². The minimum Gasteiger partial charge on any atom is -0.480 e. The van der Waals surface area contributed by atoms with Crippen LogP contribution in [0.2, 0.25) is 0 Å². The predicted molar refractivity (Wildman–Crippen MR) is 92.3 cm³/mol. The van der Waals surface area contributed by atoms with Crippen molar-refractivity contribution in [2.24, 2.45) is 0 Å². The van der Waals surface area contributed by atoms with Gasteiger partial charge in [-0.1, -0.05) is 30.3 Å². The predicted octanol–water partition coefficient (Wildman–Crippen LogP) is 2.59. The zero-order valence-electron chi connectivity index (χ0n) is 15.2. The summed E-state index contributed by atoms with van der Waals surface area (Å²) in [6.45, 7) is 7.03. The van der Waals surface area contributed by atoms with Crippen molar-refractivity contribution in [2.75, 3.05) is 19.8 Å². The zero-order valence-corrected chi connectivity index (χ0v) is 15.2. The van der Waals surface area contributed by atoms with E-state index in [2.05, 4.69) is 5.32 Å². The van der Waals surface area contributed by atoms with Crippen molar-refractivity contribution >= 4 is 12.1 Å². The SMILES string of the molecule is CC(COCC(=O)O)(COCc1ccccc1)NC(=O)OC(C)(C)C. The Bertz CT molecular complexity index is 554. The normalized spacial score (nSPS) is 13.8. The van der Waals surface area contributed by atoms with E-state index in [4.69, 9.17) is 19.3 Å². The molecule has 7 heteroatoms. The molecule has 0 spiro atoms. The van der Waals surface area contributed by atoms with Gasteiger partial charge in [0, 0.05) is 0 Å². The highest BCUT2D eigenvalue weighted by atomic mass is 16.6. The van der Waals surface area contributed by atoms with Gasteiger partial charge >= 0.3 is 12.1 Å². The number of alkyl carbamates (subject to hydrolysis) is 1. The lowest BCUT2D eigenvalue weighted by Gasteiger charge is -2.31. The van der Waals surface area contributed by atoms with Crippen molar-refractivity contribution in [3.8, 4) is 0 Å². The Kier molecular flexibility index (Phi) is 7.86. The number of carbonyl (C=O) groups excluding carboxylic acids is 1. The molecule has 0 bridgehead atoms. The topological polar surface area (TPSA) is 94.1 Å². The number of carbonyl (C=O) groups is 2. The average Bonchev–Trinajstić information content (AvgIpc) is 2.45. The quantitative estimate of drug-likeness (QED) is 0.709. The molecule has 1 aromatic carbocycles. The van der Waals surface area contributed by atoms with Crippen LogP contribution in [0.1, 0.15) is 33.3 Å². The number of rotatable bonds is 9. The summed E-state index contributed by atoms with van der Waals surface area (Å²) in [5.41, 5.74) is -0.571. The van der Waals surface area contributed by atoms with Gasteiger partial charge in [-0.05, 0) is 33.3 Å². The van der Waals surface area contributed by atoms with Crippen LogP contribution in [0, 0.1) is 0 Å². The van der Waals surface area contributed by atoms with Gasteiger partial charge in [0.25, 0.3) is 0 Å². The van der Waals surface area contributed by atoms with Gasteiger partial charge in [-0.3, -0.25) is 0 Å². The number of hydrogen-bond donors (Lipinski definition) is 2. The van der Waals surface area contributed by atoms with E-state index in [1.807, 2.05) is 30.3 Å². The van der Waals surface area contributed by atoms with Crippen molar-refractivity contribution in [2.45, 2.75) is 45.4 Å². The first-order valence-electron chi connectivity index (χ1n) is 8.02. The molecule has 0 aliphatic heterocycles. The van der Waals surface area contributed by atoms with Gasteiger partial charge in [0.1, 0.15) is 12.2 Å². The first kappa shape index (κ1) is 20.9. The zero-order chi connectivity index (χ0) is 18.9. The molecule has 0 heterocycles. The van der Waals surface area contributed by atoms with Gasteiger partial charge < -0.3 is 24.6 Å². The van der Waals surface area contributed by atoms with Crippen molar-refractivity contribution < 1.29 is 28.9 Å². The smallest absolute Gasteiger partial charge is 0.408 e. The number of carboxylic acids is 1. The number of hydrogen-bond acceptors (Lipinski definition) is 5. The molecule has 0 aromatic heterocycles. The maximum atomic E-state index is 12.0. The first-order chi connectivity index (χ1) is 11.6. The van der Waals surface area contributed by atoms with Gasteiger partial charge in [0.2, 0.25) is 0 Å². The van der Waals surface area contributed by atoms with Crippen molar-refractivity contribution in [3.05, 3.63) is 35.9 Å². The maximum Gasteiger partial charge on any atom is 0.408 e. The molecule has 25 heavy (non-hydrogen) atoms. The molecule has 0 fully saturated rings. The molecule has 0 saturated heterocycles. The molecule has 0 saturated carbocycles. The fourth-order valence-corrected chi connectivity index (χ4v) is 2.00. The lowest BCUT2D eigenvalue weighted by atomic mass is 10.1. The highest BCUT2D eigenvalue weighted by molar-refractivity contribution is 5.69. The second-order valence-corrected chi connectivity index (χ2v) is 7.05. The standard InChI is InChI=1S/C18H27NO6/c1-17(2,3)25-16(22)19-18(4,13-24-11-15(20)21)12-23-10-14-8-6-5-7-9-14/h5-9H,10-13H2,1-4H3,(H,19,22)(H,20,21). The van der Waals surface area contributed by atoms with Crippen molar-refractivity contribution in [1.82, 2.24) is 5.32 Å². The second-order valence-electron chi connectivity index (χ2n) is 7.05. The minimum absolute atomic E-state index is 0.0205. The number of benzene rings is 1. The molecule has 1 unspecified atom stereocenters. The molecule has 1 aromatic rings. The van der Waals surface area contributed by atoms with E-state index in [9.17, 15) is 9.59 Å². The number of carboxylic acid groups (broad SMARTS) is 1. The lowest BCUT2D eigenvalue weighted by Crippen LogP contribution is -2.54. The van der Waals surface area contributed by atoms with Crippen LogP contribution in [0.15, 0.2) is 30.3 Å². The van der Waals surface area contributed by atoms with E-state index in [0.717, 1.165) is 5.56 Å². The molecule has 0 aliphatic carbocycles. The Morgan fingerprint density at radius 2 is 1.64 bits per heavy atom. The van der Waals surface area contributed by atoms with Gasteiger partial charge in [0.05, 0.1) is 25.4 Å². The molecule has 1 atom stereocenters. The molecular weight excluding hydrogens is 326 g/mol. The summed E-state index contributed by atoms with van der Waals surface area (Å²) in [5, 5.41) is 11.4. The summed E-state index contributed by atoms with van der Waals surface area (Å²) in [4.78, 5) is 22.7. The Morgan fingerprint density at radius 3 is 2.20 bits per heavy atom. The van der Waals surface area contributed by atoms with Crippen molar-refractivity contribution in [1.29, 1.82) is 0 Å². The second kappa shape index (κ2) is 9.39. The van der Waals surface area contributed by atoms with Crippen LogP contribution < -0.4 is 5.32 Å². The van der Waals surface area contributed by atoms with Crippen molar-refractivity contribution in [3.63, 3.8) is 0 Å². The maximum absolute atomic E-state index is 12.0. The summed E-state index contributed by atoms with van der Waals surface area (Å²) in [7, 11) is 0. The summed E-state index contributed by atoms with van der Waals surface area (Å²) in [6, 6.07) is 9.59. The summed E-state index contributed by atoms with van der Waals surface area (Å²) in [5.74, 6) is -1.08. The van der Waals surface area contributed by atoms with Gasteiger partial charge in [0.15, 0.2) is 0 Å². The first-order valence-corrected chi connectivity index (χ1v) is 8.02. The lowest BCUT2D eigenvalue weighted by molar-refractivity contribution is -0.143. The van der Waals surface area contributed by atoms with Gasteiger partial charge in [-0.15, -0.1) is 0 Å². The third kappa shape index (κ3) is 9.69. The van der Waals surface area contributed by atoms with E-state index in [1.165, 1.54) is 0 Å². The Balaban J connectivity index is 2.62. The third-order valence-corrected chi connectivity index (χ3v) is 2.98. The van der Waals surface area contributed by atoms with Crippen LogP contribution in [0.25, 0.3) is 0 Å².